The minimum Gasteiger partial charge on any atom is -0.395 e. The fourth-order valence-corrected chi connectivity index (χ4v) is 6.89. The first-order chi connectivity index (χ1) is 26.8. The van der Waals surface area contributed by atoms with E-state index in [1.54, 1.807) is 146 Å². The van der Waals surface area contributed by atoms with E-state index >= 15 is 0 Å². The summed E-state index contributed by atoms with van der Waals surface area (Å²) in [6.45, 7) is 11.5. The van der Waals surface area contributed by atoms with Crippen LogP contribution in [0, 0.1) is 41.5 Å². The van der Waals surface area contributed by atoms with Crippen molar-refractivity contribution in [2.75, 3.05) is 0 Å². The Morgan fingerprint density at radius 1 is 0.276 bits per heavy atom. The first-order valence-electron chi connectivity index (χ1n) is 17.4. The number of aryl methyl sites for hydroxylation is 6. The number of phosphoric acid groups is 3. The molecular weight excluding hydrogens is 803 g/mol. The zero-order valence-corrected chi connectivity index (χ0v) is 35.6. The molecule has 0 saturated carbocycles. The molecule has 0 fully saturated rings. The second-order valence-corrected chi connectivity index (χ2v) is 16.7. The maximum atomic E-state index is 11.8. The van der Waals surface area contributed by atoms with Crippen molar-refractivity contribution in [1.29, 1.82) is 0 Å². The van der Waals surface area contributed by atoms with Crippen molar-refractivity contribution in [2.45, 2.75) is 41.5 Å². The van der Waals surface area contributed by atoms with E-state index in [4.69, 9.17) is 27.1 Å². The van der Waals surface area contributed by atoms with Crippen LogP contribution < -0.4 is 33.3 Å². The summed E-state index contributed by atoms with van der Waals surface area (Å²) in [5.74, 6) is 1.77. The van der Waals surface area contributed by atoms with Crippen molar-refractivity contribution in [1.82, 2.24) is 6.15 Å². The first kappa shape index (κ1) is 47.0. The topological polar surface area (TPSA) is 202 Å². The Morgan fingerprint density at radius 2 is 0.379 bits per heavy atom. The molecule has 0 heterocycles. The third kappa shape index (κ3) is 17.4. The summed E-state index contributed by atoms with van der Waals surface area (Å²) in [5, 5.41) is 0. The molecule has 0 saturated heterocycles. The monoisotopic (exact) mass is 851 g/mol. The molecule has 0 radical (unpaired) electrons. The molecule has 0 aliphatic heterocycles. The molecule has 0 aromatic heterocycles. The van der Waals surface area contributed by atoms with Gasteiger partial charge in [0.1, 0.15) is 34.5 Å². The van der Waals surface area contributed by atoms with Gasteiger partial charge in [0, 0.05) is 0 Å². The zero-order valence-electron chi connectivity index (χ0n) is 32.9. The molecule has 6 aromatic carbocycles. The molecule has 13 nitrogen and oxygen atoms in total. The standard InChI is InChI=1S/3C14H15O4P.H3N/c3*1-11-3-7-13(8-4-11)17-19(15,16)18-14-9-5-12(2)6-10-14;/h3*3-10H,1-2H3,(H,15,16);1H3. The molecule has 0 aliphatic rings. The van der Waals surface area contributed by atoms with Crippen LogP contribution in [0.25, 0.3) is 0 Å². The van der Waals surface area contributed by atoms with Gasteiger partial charge in [-0.2, -0.15) is 0 Å². The minimum absolute atomic E-state index is 0. The van der Waals surface area contributed by atoms with Gasteiger partial charge in [-0.25, -0.2) is 13.7 Å². The minimum atomic E-state index is -4.17. The van der Waals surface area contributed by atoms with Gasteiger partial charge < -0.3 is 33.3 Å². The average Bonchev–Trinajstić information content (AvgIpc) is 3.14. The Hall–Kier alpha value is -5.35. The molecule has 16 heteroatoms. The predicted molar refractivity (Wildman–Crippen MR) is 225 cm³/mol. The summed E-state index contributed by atoms with van der Waals surface area (Å²) in [6, 6.07) is 41.0. The molecule has 0 aliphatic carbocycles. The number of benzene rings is 6. The van der Waals surface area contributed by atoms with E-state index in [0.29, 0.717) is 34.5 Å². The zero-order chi connectivity index (χ0) is 41.6. The highest BCUT2D eigenvalue weighted by atomic mass is 31.2. The van der Waals surface area contributed by atoms with Gasteiger partial charge in [-0.1, -0.05) is 106 Å². The second kappa shape index (κ2) is 21.4. The van der Waals surface area contributed by atoms with Crippen molar-refractivity contribution in [3.05, 3.63) is 179 Å². The highest BCUT2D eigenvalue weighted by Crippen LogP contribution is 2.46. The Balaban J connectivity index is 0.000000231. The Kier molecular flexibility index (Phi) is 17.4. The van der Waals surface area contributed by atoms with Crippen LogP contribution in [-0.2, 0) is 13.7 Å². The smallest absolute Gasteiger partial charge is 0.395 e. The lowest BCUT2D eigenvalue weighted by molar-refractivity contribution is 0.289. The molecule has 0 atom stereocenters. The molecule has 6 N–H and O–H groups in total. The molecule has 6 rings (SSSR count). The summed E-state index contributed by atoms with van der Waals surface area (Å²) < 4.78 is 65.4. The summed E-state index contributed by atoms with van der Waals surface area (Å²) in [5.41, 5.74) is 6.25. The quantitative estimate of drug-likeness (QED) is 0.0848. The van der Waals surface area contributed by atoms with Gasteiger partial charge in [0.25, 0.3) is 0 Å². The van der Waals surface area contributed by atoms with Crippen LogP contribution in [0.2, 0.25) is 0 Å². The molecule has 0 amide bonds. The van der Waals surface area contributed by atoms with Gasteiger partial charge in [0.15, 0.2) is 0 Å². The lowest BCUT2D eigenvalue weighted by atomic mass is 10.2. The van der Waals surface area contributed by atoms with Gasteiger partial charge in [0.05, 0.1) is 0 Å². The molecule has 308 valence electrons. The van der Waals surface area contributed by atoms with Crippen LogP contribution in [0.1, 0.15) is 33.4 Å². The predicted octanol–water partition coefficient (Wildman–Crippen LogP) is 11.7. The normalized spacial score (nSPS) is 10.9. The van der Waals surface area contributed by atoms with E-state index in [0.717, 1.165) is 33.4 Å². The van der Waals surface area contributed by atoms with Crippen molar-refractivity contribution >= 4 is 23.5 Å². The van der Waals surface area contributed by atoms with E-state index in [1.165, 1.54) is 0 Å². The molecular formula is C42H48NO12P3. The molecule has 0 unspecified atom stereocenters. The number of hydrogen-bond acceptors (Lipinski definition) is 10. The Labute approximate surface area is 339 Å². The van der Waals surface area contributed by atoms with Crippen molar-refractivity contribution in [3.63, 3.8) is 0 Å². The summed E-state index contributed by atoms with van der Waals surface area (Å²) in [6.07, 6.45) is 0. The highest BCUT2D eigenvalue weighted by Gasteiger charge is 2.26. The van der Waals surface area contributed by atoms with Crippen LogP contribution >= 0.6 is 23.5 Å². The lowest BCUT2D eigenvalue weighted by Crippen LogP contribution is -1.99. The van der Waals surface area contributed by atoms with Crippen molar-refractivity contribution in [2.24, 2.45) is 0 Å². The highest BCUT2D eigenvalue weighted by molar-refractivity contribution is 7.48. The van der Waals surface area contributed by atoms with E-state index in [1.807, 2.05) is 41.5 Å². The molecule has 58 heavy (non-hydrogen) atoms. The van der Waals surface area contributed by atoms with Gasteiger partial charge in [0.2, 0.25) is 0 Å². The summed E-state index contributed by atoms with van der Waals surface area (Å²) in [4.78, 5) is 29.0. The van der Waals surface area contributed by atoms with E-state index in [-0.39, 0.29) is 6.15 Å². The molecule has 6 aromatic rings. The number of hydrogen-bond donors (Lipinski definition) is 4. The Bertz CT molecular complexity index is 1890. The number of rotatable bonds is 12. The Morgan fingerprint density at radius 3 is 0.483 bits per heavy atom. The largest absolute Gasteiger partial charge is 0.584 e. The van der Waals surface area contributed by atoms with Gasteiger partial charge >= 0.3 is 23.5 Å². The van der Waals surface area contributed by atoms with E-state index < -0.39 is 23.5 Å². The second-order valence-electron chi connectivity index (χ2n) is 12.8. The average molecular weight is 852 g/mol. The molecule has 0 spiro atoms. The van der Waals surface area contributed by atoms with Crippen molar-refractivity contribution < 1.29 is 55.5 Å². The van der Waals surface area contributed by atoms with Gasteiger partial charge in [-0.05, 0) is 114 Å². The number of phosphoric ester groups is 3. The fraction of sp³-hybridized carbons (Fsp3) is 0.143. The van der Waals surface area contributed by atoms with Crippen LogP contribution in [0.15, 0.2) is 146 Å². The van der Waals surface area contributed by atoms with Gasteiger partial charge in [-0.3, -0.25) is 14.7 Å². The first-order valence-corrected chi connectivity index (χ1v) is 21.9. The SMILES string of the molecule is Cc1ccc(OP(=O)(O)Oc2ccc(C)cc2)cc1.Cc1ccc(OP(=O)(O)Oc2ccc(C)cc2)cc1.Cc1ccc(OP(=O)(O)Oc2ccc(C)cc2)cc1.N. The van der Waals surface area contributed by atoms with Crippen LogP contribution in [0.4, 0.5) is 0 Å². The van der Waals surface area contributed by atoms with Crippen LogP contribution in [-0.4, -0.2) is 14.7 Å². The fourth-order valence-electron chi connectivity index (χ4n) is 4.45. The van der Waals surface area contributed by atoms with E-state index in [9.17, 15) is 28.4 Å². The van der Waals surface area contributed by atoms with Crippen LogP contribution in [0.5, 0.6) is 34.5 Å². The molecule has 0 bridgehead atoms. The van der Waals surface area contributed by atoms with Crippen LogP contribution in [0.3, 0.4) is 0 Å². The van der Waals surface area contributed by atoms with Crippen molar-refractivity contribution in [3.8, 4) is 34.5 Å². The lowest BCUT2D eigenvalue weighted by Gasteiger charge is -2.14. The summed E-state index contributed by atoms with van der Waals surface area (Å²) in [7, 11) is -12.5. The summed E-state index contributed by atoms with van der Waals surface area (Å²) >= 11 is 0. The third-order valence-corrected chi connectivity index (χ3v) is 10.1. The maximum Gasteiger partial charge on any atom is 0.584 e. The van der Waals surface area contributed by atoms with E-state index in [2.05, 4.69) is 0 Å². The van der Waals surface area contributed by atoms with Gasteiger partial charge in [-0.15, -0.1) is 0 Å². The maximum absolute atomic E-state index is 11.8. The third-order valence-electron chi connectivity index (χ3n) is 7.45.